The number of benzene rings is 1. The number of carbonyl (C=O) groups excluding carboxylic acids is 1. The number of amides is 1. The van der Waals surface area contributed by atoms with Crippen molar-refractivity contribution < 1.29 is 9.53 Å². The quantitative estimate of drug-likeness (QED) is 0.391. The predicted molar refractivity (Wildman–Crippen MR) is 113 cm³/mol. The summed E-state index contributed by atoms with van der Waals surface area (Å²) < 4.78 is 4.83. The van der Waals surface area contributed by atoms with Crippen molar-refractivity contribution >= 4 is 5.91 Å². The van der Waals surface area contributed by atoms with E-state index < -0.39 is 5.91 Å². The number of carbonyl (C=O) groups is 1. The molecule has 0 spiro atoms. The topological polar surface area (TPSA) is 100 Å². The van der Waals surface area contributed by atoms with E-state index in [2.05, 4.69) is 51.0 Å². The van der Waals surface area contributed by atoms with Crippen LogP contribution in [0.25, 0.3) is 0 Å². The summed E-state index contributed by atoms with van der Waals surface area (Å²) in [5, 5.41) is 10.9. The van der Waals surface area contributed by atoms with Crippen LogP contribution in [0, 0.1) is 5.92 Å². The van der Waals surface area contributed by atoms with Gasteiger partial charge in [-0.15, -0.1) is 10.2 Å². The maximum atomic E-state index is 12.5. The van der Waals surface area contributed by atoms with Crippen LogP contribution in [-0.4, -0.2) is 46.2 Å². The number of hydrogen-bond acceptors (Lipinski definition) is 6. The lowest BCUT2D eigenvalue weighted by Gasteiger charge is -2.15. The zero-order valence-corrected chi connectivity index (χ0v) is 17.3. The normalized spacial score (nSPS) is 19.5. The van der Waals surface area contributed by atoms with Crippen LogP contribution in [0.3, 0.4) is 0 Å². The number of methoxy groups -OCH3 is 1. The van der Waals surface area contributed by atoms with Crippen LogP contribution >= 0.6 is 0 Å². The minimum atomic E-state index is -0.405. The molecule has 30 heavy (non-hydrogen) atoms. The van der Waals surface area contributed by atoms with Gasteiger partial charge in [-0.25, -0.2) is 0 Å². The molecule has 2 atom stereocenters. The van der Waals surface area contributed by atoms with Crippen LogP contribution in [-0.2, 0) is 22.6 Å². The van der Waals surface area contributed by atoms with Gasteiger partial charge in [0, 0.05) is 25.6 Å². The fourth-order valence-electron chi connectivity index (χ4n) is 3.64. The Labute approximate surface area is 175 Å². The standard InChI is InChI=1S/C22H27N5O3/c1-4-17(14-30-3)21(28)23-10-19-22(29)24-20(26-25-19)18-13-27(11-15(18)2)12-16-8-6-5-7-9-16/h4-9,14-15,18H,1,10-13H2,2-3H3,(H,23,28)(H,24,26,29)/b17-14+. The molecule has 1 aliphatic heterocycles. The molecule has 8 heteroatoms. The van der Waals surface area contributed by atoms with Gasteiger partial charge in [-0.3, -0.25) is 14.5 Å². The van der Waals surface area contributed by atoms with E-state index in [1.165, 1.54) is 25.0 Å². The van der Waals surface area contributed by atoms with E-state index in [0.29, 0.717) is 11.7 Å². The number of hydrogen-bond donors (Lipinski definition) is 2. The van der Waals surface area contributed by atoms with E-state index in [1.807, 2.05) is 18.2 Å². The number of nitrogens with zero attached hydrogens (tertiary/aromatic N) is 3. The molecule has 2 heterocycles. The molecule has 8 nitrogen and oxygen atoms in total. The molecule has 1 aliphatic rings. The smallest absolute Gasteiger partial charge is 0.274 e. The molecule has 1 aromatic carbocycles. The number of nitrogens with one attached hydrogen (secondary N) is 2. The fourth-order valence-corrected chi connectivity index (χ4v) is 3.64. The van der Waals surface area contributed by atoms with Crippen molar-refractivity contribution in [1.82, 2.24) is 25.4 Å². The zero-order valence-electron chi connectivity index (χ0n) is 17.3. The molecule has 0 radical (unpaired) electrons. The summed E-state index contributed by atoms with van der Waals surface area (Å²) >= 11 is 0. The minimum Gasteiger partial charge on any atom is -0.504 e. The van der Waals surface area contributed by atoms with Gasteiger partial charge in [0.25, 0.3) is 11.5 Å². The molecular formula is C22H27N5O3. The Hall–Kier alpha value is -3.26. The summed E-state index contributed by atoms with van der Waals surface area (Å²) in [5.74, 6) is 0.635. The van der Waals surface area contributed by atoms with Crippen LogP contribution in [0.2, 0.25) is 0 Å². The summed E-state index contributed by atoms with van der Waals surface area (Å²) in [5.41, 5.74) is 1.33. The Balaban J connectivity index is 1.63. The molecule has 2 aromatic rings. The number of aromatic amines is 1. The number of likely N-dealkylation sites (tertiary alicyclic amines) is 1. The van der Waals surface area contributed by atoms with E-state index >= 15 is 0 Å². The van der Waals surface area contributed by atoms with Gasteiger partial charge in [0.15, 0.2) is 0 Å². The molecule has 0 bridgehead atoms. The highest BCUT2D eigenvalue weighted by atomic mass is 16.5. The van der Waals surface area contributed by atoms with E-state index in [9.17, 15) is 9.59 Å². The Morgan fingerprint density at radius 1 is 1.33 bits per heavy atom. The molecule has 2 unspecified atom stereocenters. The summed E-state index contributed by atoms with van der Waals surface area (Å²) in [6.07, 6.45) is 2.66. The molecule has 158 valence electrons. The van der Waals surface area contributed by atoms with E-state index in [4.69, 9.17) is 4.74 Å². The molecule has 1 amide bonds. The first-order valence-electron chi connectivity index (χ1n) is 9.87. The second-order valence-corrected chi connectivity index (χ2v) is 7.45. The fraction of sp³-hybridized carbons (Fsp3) is 0.364. The van der Waals surface area contributed by atoms with Gasteiger partial charge >= 0.3 is 0 Å². The van der Waals surface area contributed by atoms with Crippen LogP contribution in [0.1, 0.15) is 29.9 Å². The third-order valence-electron chi connectivity index (χ3n) is 5.21. The lowest BCUT2D eigenvalue weighted by atomic mass is 9.97. The van der Waals surface area contributed by atoms with Crippen molar-refractivity contribution in [3.8, 4) is 0 Å². The first kappa shape index (κ1) is 21.4. The Morgan fingerprint density at radius 3 is 2.77 bits per heavy atom. The lowest BCUT2D eigenvalue weighted by molar-refractivity contribution is -0.117. The molecule has 0 aliphatic carbocycles. The molecule has 2 N–H and O–H groups in total. The van der Waals surface area contributed by atoms with Gasteiger partial charge in [-0.2, -0.15) is 0 Å². The van der Waals surface area contributed by atoms with Crippen molar-refractivity contribution in [1.29, 1.82) is 0 Å². The summed E-state index contributed by atoms with van der Waals surface area (Å²) in [4.78, 5) is 29.7. The van der Waals surface area contributed by atoms with Crippen molar-refractivity contribution in [2.75, 3.05) is 20.2 Å². The van der Waals surface area contributed by atoms with Gasteiger partial charge in [-0.1, -0.05) is 49.9 Å². The predicted octanol–water partition coefficient (Wildman–Crippen LogP) is 1.73. The maximum Gasteiger partial charge on any atom is 0.274 e. The van der Waals surface area contributed by atoms with Crippen LogP contribution in [0.15, 0.2) is 59.6 Å². The van der Waals surface area contributed by atoms with Gasteiger partial charge in [0.05, 0.1) is 25.5 Å². The maximum absolute atomic E-state index is 12.5. The van der Waals surface area contributed by atoms with E-state index in [-0.39, 0.29) is 29.3 Å². The number of aromatic nitrogens is 3. The number of rotatable bonds is 8. The van der Waals surface area contributed by atoms with Gasteiger partial charge in [0.2, 0.25) is 0 Å². The highest BCUT2D eigenvalue weighted by molar-refractivity contribution is 5.95. The Bertz CT molecular complexity index is 970. The Morgan fingerprint density at radius 2 is 2.10 bits per heavy atom. The van der Waals surface area contributed by atoms with Gasteiger partial charge < -0.3 is 15.0 Å². The Kier molecular flexibility index (Phi) is 7.13. The molecule has 0 saturated carbocycles. The summed E-state index contributed by atoms with van der Waals surface area (Å²) in [7, 11) is 1.44. The number of ether oxygens (including phenoxy) is 1. The third-order valence-corrected chi connectivity index (χ3v) is 5.21. The molecular weight excluding hydrogens is 382 g/mol. The highest BCUT2D eigenvalue weighted by Crippen LogP contribution is 2.30. The monoisotopic (exact) mass is 409 g/mol. The van der Waals surface area contributed by atoms with Crippen molar-refractivity contribution in [2.45, 2.75) is 25.9 Å². The first-order chi connectivity index (χ1) is 14.5. The average molecular weight is 409 g/mol. The third kappa shape index (κ3) is 5.21. The van der Waals surface area contributed by atoms with Gasteiger partial charge in [0.1, 0.15) is 11.5 Å². The van der Waals surface area contributed by atoms with Crippen LogP contribution < -0.4 is 10.9 Å². The van der Waals surface area contributed by atoms with Crippen molar-refractivity contribution in [2.24, 2.45) is 5.92 Å². The average Bonchev–Trinajstić information content (AvgIpc) is 3.11. The molecule has 1 saturated heterocycles. The first-order valence-corrected chi connectivity index (χ1v) is 9.87. The van der Waals surface area contributed by atoms with Crippen molar-refractivity contribution in [3.05, 3.63) is 82.3 Å². The van der Waals surface area contributed by atoms with Crippen LogP contribution in [0.5, 0.6) is 0 Å². The SMILES string of the molecule is C=C/C(=C\OC)C(=O)NCc1nnc(C2CN(Cc3ccccc3)CC2C)[nH]c1=O. The molecule has 1 aromatic heterocycles. The van der Waals surface area contributed by atoms with Crippen LogP contribution in [0.4, 0.5) is 0 Å². The molecule has 1 fully saturated rings. The number of H-pyrrole nitrogens is 1. The minimum absolute atomic E-state index is 0.0311. The second-order valence-electron chi connectivity index (χ2n) is 7.45. The van der Waals surface area contributed by atoms with E-state index in [0.717, 1.165) is 19.6 Å². The summed E-state index contributed by atoms with van der Waals surface area (Å²) in [6.45, 7) is 8.28. The summed E-state index contributed by atoms with van der Waals surface area (Å²) in [6, 6.07) is 10.3. The molecule has 3 rings (SSSR count). The highest BCUT2D eigenvalue weighted by Gasteiger charge is 2.32. The van der Waals surface area contributed by atoms with E-state index in [1.54, 1.807) is 0 Å². The zero-order chi connectivity index (χ0) is 21.5. The lowest BCUT2D eigenvalue weighted by Crippen LogP contribution is -2.30. The van der Waals surface area contributed by atoms with Gasteiger partial charge in [-0.05, 0) is 11.5 Å². The largest absolute Gasteiger partial charge is 0.504 e. The second kappa shape index (κ2) is 9.98. The van der Waals surface area contributed by atoms with Crippen molar-refractivity contribution in [3.63, 3.8) is 0 Å².